The van der Waals surface area contributed by atoms with Gasteiger partial charge >= 0.3 is 0 Å². The second-order valence-corrected chi connectivity index (χ2v) is 4.94. The number of hydrogen-bond acceptors (Lipinski definition) is 2. The van der Waals surface area contributed by atoms with Crippen molar-refractivity contribution in [2.24, 2.45) is 0 Å². The number of carbonyl (C=O) groups is 1. The van der Waals surface area contributed by atoms with Gasteiger partial charge in [0.2, 0.25) is 0 Å². The second kappa shape index (κ2) is 6.24. The number of carbonyl (C=O) groups excluding carboxylic acids is 1. The normalized spacial score (nSPS) is 10.3. The number of anilines is 1. The van der Waals surface area contributed by atoms with E-state index in [0.29, 0.717) is 24.3 Å². The summed E-state index contributed by atoms with van der Waals surface area (Å²) >= 11 is 0. The molecule has 1 amide bonds. The van der Waals surface area contributed by atoms with E-state index in [9.17, 15) is 4.79 Å². The van der Waals surface area contributed by atoms with E-state index in [1.54, 1.807) is 6.07 Å². The highest BCUT2D eigenvalue weighted by Gasteiger charge is 2.15. The van der Waals surface area contributed by atoms with Crippen LogP contribution in [-0.4, -0.2) is 17.4 Å². The van der Waals surface area contributed by atoms with Crippen LogP contribution >= 0.6 is 0 Å². The Bertz CT molecular complexity index is 573. The van der Waals surface area contributed by atoms with Crippen LogP contribution in [0.3, 0.4) is 0 Å². The van der Waals surface area contributed by atoms with Crippen LogP contribution in [0.4, 0.5) is 5.69 Å². The average Bonchev–Trinajstić information content (AvgIpc) is 2.44. The maximum Gasteiger partial charge on any atom is 0.254 e. The van der Waals surface area contributed by atoms with Crippen LogP contribution in [0.1, 0.15) is 28.4 Å². The fourth-order valence-electron chi connectivity index (χ4n) is 2.25. The SMILES string of the molecule is CCN(Cc1ccccc1)C(=O)c1cc(C)cc(N)c1. The Morgan fingerprint density at radius 1 is 1.15 bits per heavy atom. The first-order chi connectivity index (χ1) is 9.60. The summed E-state index contributed by atoms with van der Waals surface area (Å²) in [6, 6.07) is 15.5. The molecule has 2 aromatic carbocycles. The molecule has 0 unspecified atom stereocenters. The molecule has 0 radical (unpaired) electrons. The summed E-state index contributed by atoms with van der Waals surface area (Å²) in [5, 5.41) is 0. The van der Waals surface area contributed by atoms with E-state index in [1.807, 2.05) is 61.2 Å². The summed E-state index contributed by atoms with van der Waals surface area (Å²) < 4.78 is 0. The number of hydrogen-bond donors (Lipinski definition) is 1. The number of benzene rings is 2. The van der Waals surface area contributed by atoms with Crippen LogP contribution in [0.2, 0.25) is 0 Å². The van der Waals surface area contributed by atoms with E-state index in [2.05, 4.69) is 0 Å². The Hall–Kier alpha value is -2.29. The lowest BCUT2D eigenvalue weighted by atomic mass is 10.1. The Morgan fingerprint density at radius 3 is 2.45 bits per heavy atom. The lowest BCUT2D eigenvalue weighted by Gasteiger charge is -2.21. The highest BCUT2D eigenvalue weighted by Crippen LogP contribution is 2.15. The zero-order chi connectivity index (χ0) is 14.5. The Balaban J connectivity index is 2.20. The first-order valence-electron chi connectivity index (χ1n) is 6.80. The largest absolute Gasteiger partial charge is 0.399 e. The Kier molecular flexibility index (Phi) is 4.41. The van der Waals surface area contributed by atoms with Crippen LogP contribution < -0.4 is 5.73 Å². The van der Waals surface area contributed by atoms with Crippen molar-refractivity contribution in [2.45, 2.75) is 20.4 Å². The van der Waals surface area contributed by atoms with Gasteiger partial charge in [0.05, 0.1) is 0 Å². The summed E-state index contributed by atoms with van der Waals surface area (Å²) in [4.78, 5) is 14.4. The lowest BCUT2D eigenvalue weighted by Crippen LogP contribution is -2.30. The van der Waals surface area contributed by atoms with E-state index < -0.39 is 0 Å². The monoisotopic (exact) mass is 268 g/mol. The van der Waals surface area contributed by atoms with Gasteiger partial charge in [-0.1, -0.05) is 30.3 Å². The van der Waals surface area contributed by atoms with Crippen molar-refractivity contribution in [3.05, 3.63) is 65.2 Å². The molecule has 3 nitrogen and oxygen atoms in total. The van der Waals surface area contributed by atoms with Gasteiger partial charge in [-0.3, -0.25) is 4.79 Å². The molecule has 0 aliphatic heterocycles. The van der Waals surface area contributed by atoms with Crippen LogP contribution in [-0.2, 0) is 6.54 Å². The van der Waals surface area contributed by atoms with Gasteiger partial charge in [-0.15, -0.1) is 0 Å². The molecule has 0 fully saturated rings. The summed E-state index contributed by atoms with van der Waals surface area (Å²) in [7, 11) is 0. The van der Waals surface area contributed by atoms with Crippen molar-refractivity contribution in [1.82, 2.24) is 4.90 Å². The maximum atomic E-state index is 12.6. The minimum atomic E-state index is 0.0201. The van der Waals surface area contributed by atoms with Gasteiger partial charge in [-0.05, 0) is 43.2 Å². The van der Waals surface area contributed by atoms with E-state index in [4.69, 9.17) is 5.73 Å². The maximum absolute atomic E-state index is 12.6. The summed E-state index contributed by atoms with van der Waals surface area (Å²) in [5.41, 5.74) is 9.23. The van der Waals surface area contributed by atoms with Crippen molar-refractivity contribution < 1.29 is 4.79 Å². The van der Waals surface area contributed by atoms with E-state index >= 15 is 0 Å². The van der Waals surface area contributed by atoms with Gasteiger partial charge < -0.3 is 10.6 Å². The van der Waals surface area contributed by atoms with Crippen LogP contribution in [0, 0.1) is 6.92 Å². The fraction of sp³-hybridized carbons (Fsp3) is 0.235. The first-order valence-corrected chi connectivity index (χ1v) is 6.80. The summed E-state index contributed by atoms with van der Waals surface area (Å²) in [6.45, 7) is 5.21. The van der Waals surface area contributed by atoms with Crippen LogP contribution in [0.5, 0.6) is 0 Å². The van der Waals surface area contributed by atoms with Gasteiger partial charge in [0.1, 0.15) is 0 Å². The van der Waals surface area contributed by atoms with Crippen molar-refractivity contribution in [3.8, 4) is 0 Å². The number of rotatable bonds is 4. The van der Waals surface area contributed by atoms with E-state index in [0.717, 1.165) is 11.1 Å². The zero-order valence-corrected chi connectivity index (χ0v) is 12.0. The second-order valence-electron chi connectivity index (χ2n) is 4.94. The molecule has 0 heterocycles. The van der Waals surface area contributed by atoms with Crippen LogP contribution in [0.15, 0.2) is 48.5 Å². The Labute approximate surface area is 120 Å². The van der Waals surface area contributed by atoms with Crippen molar-refractivity contribution >= 4 is 11.6 Å². The molecule has 0 spiro atoms. The molecule has 0 aliphatic carbocycles. The minimum Gasteiger partial charge on any atom is -0.399 e. The molecule has 0 aliphatic rings. The van der Waals surface area contributed by atoms with Gasteiger partial charge in [-0.25, -0.2) is 0 Å². The molecule has 104 valence electrons. The third kappa shape index (κ3) is 3.38. The van der Waals surface area contributed by atoms with Crippen LogP contribution in [0.25, 0.3) is 0 Å². The topological polar surface area (TPSA) is 46.3 Å². The molecular formula is C17H20N2O. The molecule has 2 aromatic rings. The highest BCUT2D eigenvalue weighted by atomic mass is 16.2. The minimum absolute atomic E-state index is 0.0201. The Morgan fingerprint density at radius 2 is 1.85 bits per heavy atom. The van der Waals surface area contributed by atoms with Crippen molar-refractivity contribution in [2.75, 3.05) is 12.3 Å². The van der Waals surface area contributed by atoms with Gasteiger partial charge in [0.25, 0.3) is 5.91 Å². The third-order valence-corrected chi connectivity index (χ3v) is 3.23. The third-order valence-electron chi connectivity index (χ3n) is 3.23. The standard InChI is InChI=1S/C17H20N2O/c1-3-19(12-14-7-5-4-6-8-14)17(20)15-9-13(2)10-16(18)11-15/h4-11H,3,12,18H2,1-2H3. The summed E-state index contributed by atoms with van der Waals surface area (Å²) in [6.07, 6.45) is 0. The smallest absolute Gasteiger partial charge is 0.254 e. The predicted molar refractivity (Wildman–Crippen MR) is 82.4 cm³/mol. The summed E-state index contributed by atoms with van der Waals surface area (Å²) in [5.74, 6) is 0.0201. The zero-order valence-electron chi connectivity index (χ0n) is 12.0. The van der Waals surface area contributed by atoms with Crippen molar-refractivity contribution in [1.29, 1.82) is 0 Å². The molecule has 0 bridgehead atoms. The molecule has 2 rings (SSSR count). The highest BCUT2D eigenvalue weighted by molar-refractivity contribution is 5.95. The number of nitrogen functional groups attached to an aromatic ring is 1. The predicted octanol–water partition coefficient (Wildman–Crippen LogP) is 3.24. The molecule has 2 N–H and O–H groups in total. The number of amides is 1. The van der Waals surface area contributed by atoms with Gasteiger partial charge in [0.15, 0.2) is 0 Å². The van der Waals surface area contributed by atoms with E-state index in [1.165, 1.54) is 0 Å². The first kappa shape index (κ1) is 14.1. The molecule has 0 aromatic heterocycles. The van der Waals surface area contributed by atoms with Gasteiger partial charge in [-0.2, -0.15) is 0 Å². The molecule has 20 heavy (non-hydrogen) atoms. The van der Waals surface area contributed by atoms with E-state index in [-0.39, 0.29) is 5.91 Å². The molecule has 0 saturated carbocycles. The number of aryl methyl sites for hydroxylation is 1. The molecule has 0 saturated heterocycles. The van der Waals surface area contributed by atoms with Gasteiger partial charge in [0, 0.05) is 24.3 Å². The number of nitrogens with two attached hydrogens (primary N) is 1. The molecule has 3 heteroatoms. The average molecular weight is 268 g/mol. The lowest BCUT2D eigenvalue weighted by molar-refractivity contribution is 0.0752. The fourth-order valence-corrected chi connectivity index (χ4v) is 2.25. The molecular weight excluding hydrogens is 248 g/mol. The number of nitrogens with zero attached hydrogens (tertiary/aromatic N) is 1. The molecule has 0 atom stereocenters. The van der Waals surface area contributed by atoms with Crippen molar-refractivity contribution in [3.63, 3.8) is 0 Å². The quantitative estimate of drug-likeness (QED) is 0.865.